The zero-order valence-electron chi connectivity index (χ0n) is 15.8. The topological polar surface area (TPSA) is 163 Å². The second-order valence-electron chi connectivity index (χ2n) is 7.18. The Bertz CT molecular complexity index is 494. The largest absolute Gasteiger partial charge is 0.481 e. The van der Waals surface area contributed by atoms with Gasteiger partial charge in [-0.3, -0.25) is 9.59 Å². The molecule has 0 bridgehead atoms. The molecule has 10 nitrogen and oxygen atoms in total. The van der Waals surface area contributed by atoms with E-state index in [9.17, 15) is 30.0 Å². The average Bonchev–Trinajstić information content (AvgIpc) is 2.52. The van der Waals surface area contributed by atoms with Crippen molar-refractivity contribution >= 4 is 11.9 Å². The van der Waals surface area contributed by atoms with Crippen molar-refractivity contribution in [1.82, 2.24) is 0 Å². The van der Waals surface area contributed by atoms with E-state index in [1.54, 1.807) is 6.92 Å². The van der Waals surface area contributed by atoms with Gasteiger partial charge >= 0.3 is 11.9 Å². The van der Waals surface area contributed by atoms with Gasteiger partial charge in [-0.05, 0) is 20.3 Å². The smallest absolute Gasteiger partial charge is 0.308 e. The quantitative estimate of drug-likeness (QED) is 0.295. The van der Waals surface area contributed by atoms with Crippen molar-refractivity contribution in [3.63, 3.8) is 0 Å². The summed E-state index contributed by atoms with van der Waals surface area (Å²) < 4.78 is 15.9. The van der Waals surface area contributed by atoms with E-state index in [1.807, 2.05) is 6.92 Å². The number of carboxylic acid groups (broad SMARTS) is 1. The molecule has 5 unspecified atom stereocenters. The fourth-order valence-corrected chi connectivity index (χ4v) is 2.80. The van der Waals surface area contributed by atoms with E-state index in [2.05, 4.69) is 0 Å². The normalized spacial score (nSPS) is 31.7. The summed E-state index contributed by atoms with van der Waals surface area (Å²) in [5.41, 5.74) is -1.79. The van der Waals surface area contributed by atoms with Crippen LogP contribution in [0, 0.1) is 0 Å². The van der Waals surface area contributed by atoms with Crippen molar-refractivity contribution in [1.29, 1.82) is 0 Å². The number of ether oxygens (including phenoxy) is 3. The first-order valence-electron chi connectivity index (χ1n) is 8.91. The molecule has 0 aliphatic carbocycles. The molecule has 0 aromatic heterocycles. The maximum absolute atomic E-state index is 11.8. The van der Waals surface area contributed by atoms with Gasteiger partial charge in [0.2, 0.25) is 0 Å². The van der Waals surface area contributed by atoms with Crippen LogP contribution in [0.5, 0.6) is 0 Å². The van der Waals surface area contributed by atoms with Crippen molar-refractivity contribution < 1.29 is 49.3 Å². The van der Waals surface area contributed by atoms with Crippen LogP contribution >= 0.6 is 0 Å². The van der Waals surface area contributed by atoms with Gasteiger partial charge in [-0.2, -0.15) is 0 Å². The summed E-state index contributed by atoms with van der Waals surface area (Å²) in [5.74, 6) is -2.16. The lowest BCUT2D eigenvalue weighted by atomic mass is 9.98. The minimum absolute atomic E-state index is 0.258. The van der Waals surface area contributed by atoms with E-state index in [0.29, 0.717) is 6.42 Å². The highest BCUT2D eigenvalue weighted by Crippen LogP contribution is 2.24. The van der Waals surface area contributed by atoms with Crippen LogP contribution in [-0.2, 0) is 23.8 Å². The molecule has 0 amide bonds. The van der Waals surface area contributed by atoms with Crippen molar-refractivity contribution in [2.24, 2.45) is 0 Å². The lowest BCUT2D eigenvalue weighted by molar-refractivity contribution is -0.310. The zero-order valence-corrected chi connectivity index (χ0v) is 15.8. The van der Waals surface area contributed by atoms with Gasteiger partial charge in [0.15, 0.2) is 6.29 Å². The zero-order chi connectivity index (χ0) is 20.8. The summed E-state index contributed by atoms with van der Waals surface area (Å²) in [6.45, 7) is 4.46. The number of hydrogen-bond acceptors (Lipinski definition) is 9. The molecule has 27 heavy (non-hydrogen) atoms. The summed E-state index contributed by atoms with van der Waals surface area (Å²) >= 11 is 0. The molecule has 0 radical (unpaired) electrons. The maximum atomic E-state index is 11.8. The van der Waals surface area contributed by atoms with Gasteiger partial charge in [0.25, 0.3) is 0 Å². The average molecular weight is 394 g/mol. The van der Waals surface area contributed by atoms with Crippen LogP contribution in [0.2, 0.25) is 0 Å². The third kappa shape index (κ3) is 7.68. The minimum Gasteiger partial charge on any atom is -0.481 e. The Morgan fingerprint density at radius 1 is 1.15 bits per heavy atom. The van der Waals surface area contributed by atoms with Gasteiger partial charge in [0.05, 0.1) is 24.5 Å². The fraction of sp³-hybridized carbons (Fsp3) is 0.882. The first kappa shape index (κ1) is 23.7. The molecule has 10 heteroatoms. The lowest BCUT2D eigenvalue weighted by Crippen LogP contribution is -2.59. The highest BCUT2D eigenvalue weighted by molar-refractivity contribution is 5.73. The highest BCUT2D eigenvalue weighted by Gasteiger charge is 2.45. The number of esters is 1. The summed E-state index contributed by atoms with van der Waals surface area (Å²) in [5, 5.41) is 48.5. The molecule has 1 rings (SSSR count). The Balaban J connectivity index is 2.61. The predicted molar refractivity (Wildman–Crippen MR) is 90.6 cm³/mol. The highest BCUT2D eigenvalue weighted by atomic mass is 16.7. The predicted octanol–water partition coefficient (Wildman–Crippen LogP) is -0.842. The molecular weight excluding hydrogens is 364 g/mol. The molecule has 1 heterocycles. The van der Waals surface area contributed by atoms with Crippen LogP contribution in [-0.4, -0.2) is 86.5 Å². The minimum atomic E-state index is -1.79. The van der Waals surface area contributed by atoms with Crippen LogP contribution in [0.25, 0.3) is 0 Å². The Morgan fingerprint density at radius 2 is 1.78 bits per heavy atom. The molecule has 1 fully saturated rings. The molecule has 0 saturated carbocycles. The number of carbonyl (C=O) groups is 2. The monoisotopic (exact) mass is 394 g/mol. The van der Waals surface area contributed by atoms with Gasteiger partial charge in [-0.15, -0.1) is 0 Å². The Morgan fingerprint density at radius 3 is 2.33 bits per heavy atom. The molecule has 0 spiro atoms. The van der Waals surface area contributed by atoms with Crippen molar-refractivity contribution in [2.45, 2.75) is 88.9 Å². The molecule has 0 aromatic rings. The molecule has 158 valence electrons. The fourth-order valence-electron chi connectivity index (χ4n) is 2.80. The van der Waals surface area contributed by atoms with Crippen molar-refractivity contribution in [3.05, 3.63) is 0 Å². The first-order chi connectivity index (χ1) is 12.5. The molecule has 0 aromatic carbocycles. The lowest BCUT2D eigenvalue weighted by Gasteiger charge is -2.40. The van der Waals surface area contributed by atoms with Crippen LogP contribution in [0.3, 0.4) is 0 Å². The third-order valence-corrected chi connectivity index (χ3v) is 4.20. The SMILES string of the molecule is CCC[C@H](C)OC1OC(COC(=O)C[C@@](C)(O)CC(=O)O)C(O)C(O)C1O. The van der Waals surface area contributed by atoms with E-state index < -0.39 is 67.7 Å². The van der Waals surface area contributed by atoms with E-state index in [4.69, 9.17) is 19.3 Å². The van der Waals surface area contributed by atoms with Gasteiger partial charge in [-0.25, -0.2) is 0 Å². The molecule has 1 aliphatic rings. The Kier molecular flexibility index (Phi) is 9.06. The number of rotatable bonds is 10. The van der Waals surface area contributed by atoms with Gasteiger partial charge < -0.3 is 39.7 Å². The molecule has 1 aliphatic heterocycles. The number of aliphatic carboxylic acids is 1. The standard InChI is InChI=1S/C17H30O10/c1-4-5-9(2)26-16-15(23)14(22)13(21)10(27-16)8-25-12(20)7-17(3,24)6-11(18)19/h9-10,13-16,21-24H,4-8H2,1-3H3,(H,18,19)/t9-,10?,13?,14?,15?,16?,17-/m0/s1. The maximum Gasteiger partial charge on any atom is 0.308 e. The van der Waals surface area contributed by atoms with Crippen molar-refractivity contribution in [2.75, 3.05) is 6.61 Å². The number of carboxylic acids is 1. The second kappa shape index (κ2) is 10.3. The summed E-state index contributed by atoms with van der Waals surface area (Å²) in [7, 11) is 0. The van der Waals surface area contributed by atoms with Gasteiger partial charge in [0, 0.05) is 0 Å². The summed E-state index contributed by atoms with van der Waals surface area (Å²) in [6, 6.07) is 0. The van der Waals surface area contributed by atoms with Crippen LogP contribution in [0.4, 0.5) is 0 Å². The third-order valence-electron chi connectivity index (χ3n) is 4.20. The van der Waals surface area contributed by atoms with E-state index in [1.165, 1.54) is 6.92 Å². The Labute approximate surface area is 157 Å². The number of carbonyl (C=O) groups excluding carboxylic acids is 1. The first-order valence-corrected chi connectivity index (χ1v) is 8.91. The van der Waals surface area contributed by atoms with Crippen LogP contribution in [0.15, 0.2) is 0 Å². The van der Waals surface area contributed by atoms with Crippen molar-refractivity contribution in [3.8, 4) is 0 Å². The summed E-state index contributed by atoms with van der Waals surface area (Å²) in [6.07, 6.45) is -6.84. The molecule has 1 saturated heterocycles. The number of hydrogen-bond donors (Lipinski definition) is 5. The second-order valence-corrected chi connectivity index (χ2v) is 7.18. The molecular formula is C17H30O10. The summed E-state index contributed by atoms with van der Waals surface area (Å²) in [4.78, 5) is 22.5. The van der Waals surface area contributed by atoms with Gasteiger partial charge in [-0.1, -0.05) is 13.3 Å². The number of aliphatic hydroxyl groups is 4. The van der Waals surface area contributed by atoms with E-state index >= 15 is 0 Å². The Hall–Kier alpha value is -1.30. The van der Waals surface area contributed by atoms with Crippen LogP contribution in [0.1, 0.15) is 46.5 Å². The van der Waals surface area contributed by atoms with E-state index in [0.717, 1.165) is 6.42 Å². The molecule has 5 N–H and O–H groups in total. The van der Waals surface area contributed by atoms with Gasteiger partial charge in [0.1, 0.15) is 31.0 Å². The molecule has 7 atom stereocenters. The number of aliphatic hydroxyl groups excluding tert-OH is 3. The van der Waals surface area contributed by atoms with Crippen LogP contribution < -0.4 is 0 Å². The van der Waals surface area contributed by atoms with E-state index in [-0.39, 0.29) is 6.10 Å².